The van der Waals surface area contributed by atoms with Crippen LogP contribution < -0.4 is 5.01 Å². The largest absolute Gasteiger partial charge is 0.467 e. The molecular weight excluding hydrogens is 374 g/mol. The molecule has 0 spiro atoms. The SMILES string of the molecule is CCCCC1C(c2ccc(C)cc2)=NN(c2ccc(F)cc2F)C1(C)C(=O)OC. The number of carbonyl (C=O) groups is 1. The van der Waals surface area contributed by atoms with Gasteiger partial charge in [-0.2, -0.15) is 5.10 Å². The molecule has 0 fully saturated rings. The van der Waals surface area contributed by atoms with Crippen LogP contribution in [0.15, 0.2) is 47.6 Å². The predicted octanol–water partition coefficient (Wildman–Crippen LogP) is 5.24. The smallest absolute Gasteiger partial charge is 0.334 e. The topological polar surface area (TPSA) is 41.9 Å². The van der Waals surface area contributed by atoms with E-state index < -0.39 is 23.1 Å². The molecule has 3 rings (SSSR count). The van der Waals surface area contributed by atoms with Gasteiger partial charge in [0.2, 0.25) is 0 Å². The number of anilines is 1. The third-order valence-electron chi connectivity index (χ3n) is 5.59. The van der Waals surface area contributed by atoms with Crippen LogP contribution in [0.2, 0.25) is 0 Å². The van der Waals surface area contributed by atoms with Crippen LogP contribution in [-0.4, -0.2) is 24.3 Å². The summed E-state index contributed by atoms with van der Waals surface area (Å²) in [6.45, 7) is 5.78. The summed E-state index contributed by atoms with van der Waals surface area (Å²) in [6.07, 6.45) is 2.51. The molecule has 1 heterocycles. The van der Waals surface area contributed by atoms with Gasteiger partial charge in [-0.1, -0.05) is 49.6 Å². The molecule has 2 aromatic carbocycles. The van der Waals surface area contributed by atoms with Gasteiger partial charge in [-0.15, -0.1) is 0 Å². The van der Waals surface area contributed by atoms with Gasteiger partial charge in [0.25, 0.3) is 0 Å². The first-order valence-corrected chi connectivity index (χ1v) is 9.82. The van der Waals surface area contributed by atoms with Gasteiger partial charge in [-0.05, 0) is 38.0 Å². The number of aryl methyl sites for hydroxylation is 1. The Morgan fingerprint density at radius 2 is 1.90 bits per heavy atom. The molecule has 2 aromatic rings. The number of unbranched alkanes of at least 4 members (excludes halogenated alkanes) is 1. The standard InChI is InChI=1S/C23H26F2N2O2/c1-5-6-7-18-21(16-10-8-15(2)9-11-16)26-27(23(18,3)22(28)29-4)20-13-12-17(24)14-19(20)25/h8-14,18H,5-7H2,1-4H3. The molecule has 0 saturated heterocycles. The summed E-state index contributed by atoms with van der Waals surface area (Å²) in [6, 6.07) is 11.1. The van der Waals surface area contributed by atoms with E-state index in [9.17, 15) is 13.6 Å². The van der Waals surface area contributed by atoms with E-state index in [4.69, 9.17) is 9.84 Å². The summed E-state index contributed by atoms with van der Waals surface area (Å²) in [7, 11) is 1.31. The van der Waals surface area contributed by atoms with Crippen molar-refractivity contribution in [1.29, 1.82) is 0 Å². The van der Waals surface area contributed by atoms with Gasteiger partial charge in [0.1, 0.15) is 5.82 Å². The maximum Gasteiger partial charge on any atom is 0.334 e. The summed E-state index contributed by atoms with van der Waals surface area (Å²) in [4.78, 5) is 13.0. The van der Waals surface area contributed by atoms with Crippen molar-refractivity contribution < 1.29 is 18.3 Å². The summed E-state index contributed by atoms with van der Waals surface area (Å²) in [5.41, 5.74) is 1.48. The first-order valence-electron chi connectivity index (χ1n) is 9.82. The van der Waals surface area contributed by atoms with Crippen LogP contribution in [0.1, 0.15) is 44.2 Å². The number of esters is 1. The van der Waals surface area contributed by atoms with Crippen LogP contribution in [0.25, 0.3) is 0 Å². The Kier molecular flexibility index (Phi) is 6.01. The third-order valence-corrected chi connectivity index (χ3v) is 5.59. The highest BCUT2D eigenvalue weighted by Gasteiger charge is 2.55. The molecule has 1 aliphatic heterocycles. The van der Waals surface area contributed by atoms with E-state index in [0.717, 1.165) is 36.1 Å². The molecule has 0 amide bonds. The van der Waals surface area contributed by atoms with Crippen LogP contribution in [0.4, 0.5) is 14.5 Å². The van der Waals surface area contributed by atoms with Crippen molar-refractivity contribution in [3.63, 3.8) is 0 Å². The van der Waals surface area contributed by atoms with E-state index >= 15 is 0 Å². The van der Waals surface area contributed by atoms with Crippen LogP contribution in [0.3, 0.4) is 0 Å². The fraction of sp³-hybridized carbons (Fsp3) is 0.391. The number of halogens is 2. The molecule has 0 radical (unpaired) electrons. The number of methoxy groups -OCH3 is 1. The van der Waals surface area contributed by atoms with E-state index in [2.05, 4.69) is 6.92 Å². The molecular formula is C23H26F2N2O2. The van der Waals surface area contributed by atoms with Crippen LogP contribution in [-0.2, 0) is 9.53 Å². The van der Waals surface area contributed by atoms with Crippen molar-refractivity contribution in [2.75, 3.05) is 12.1 Å². The van der Waals surface area contributed by atoms with Crippen molar-refractivity contribution in [1.82, 2.24) is 0 Å². The summed E-state index contributed by atoms with van der Waals surface area (Å²) in [5.74, 6) is -2.27. The number of carbonyl (C=O) groups excluding carboxylic acids is 1. The highest BCUT2D eigenvalue weighted by molar-refractivity contribution is 6.09. The second kappa shape index (κ2) is 8.31. The predicted molar refractivity (Wildman–Crippen MR) is 110 cm³/mol. The minimum absolute atomic E-state index is 0.0444. The molecule has 29 heavy (non-hydrogen) atoms. The highest BCUT2D eigenvalue weighted by Crippen LogP contribution is 2.43. The van der Waals surface area contributed by atoms with Gasteiger partial charge in [0.05, 0.1) is 18.5 Å². The summed E-state index contributed by atoms with van der Waals surface area (Å²) < 4.78 is 33.3. The maximum absolute atomic E-state index is 14.7. The van der Waals surface area contributed by atoms with E-state index in [1.165, 1.54) is 18.2 Å². The monoisotopic (exact) mass is 400 g/mol. The second-order valence-corrected chi connectivity index (χ2v) is 7.59. The van der Waals surface area contributed by atoms with Gasteiger partial charge >= 0.3 is 5.97 Å². The Morgan fingerprint density at radius 1 is 1.21 bits per heavy atom. The normalized spacial score (nSPS) is 21.2. The maximum atomic E-state index is 14.7. The first-order chi connectivity index (χ1) is 13.8. The number of benzene rings is 2. The fourth-order valence-electron chi connectivity index (χ4n) is 3.90. The Hall–Kier alpha value is -2.76. The summed E-state index contributed by atoms with van der Waals surface area (Å²) >= 11 is 0. The van der Waals surface area contributed by atoms with Crippen molar-refractivity contribution in [3.8, 4) is 0 Å². The molecule has 2 unspecified atom stereocenters. The molecule has 0 N–H and O–H groups in total. The van der Waals surface area contributed by atoms with Crippen molar-refractivity contribution >= 4 is 17.4 Å². The minimum Gasteiger partial charge on any atom is -0.467 e. The number of hydrogen-bond acceptors (Lipinski definition) is 4. The minimum atomic E-state index is -1.25. The highest BCUT2D eigenvalue weighted by atomic mass is 19.1. The van der Waals surface area contributed by atoms with Gasteiger partial charge in [-0.25, -0.2) is 18.6 Å². The van der Waals surface area contributed by atoms with Crippen LogP contribution in [0, 0.1) is 24.5 Å². The molecule has 4 nitrogen and oxygen atoms in total. The number of hydrogen-bond donors (Lipinski definition) is 0. The molecule has 2 atom stereocenters. The Morgan fingerprint density at radius 3 is 2.48 bits per heavy atom. The molecule has 0 aromatic heterocycles. The average Bonchev–Trinajstić information content (AvgIpc) is 2.99. The average molecular weight is 400 g/mol. The van der Waals surface area contributed by atoms with Crippen molar-refractivity contribution in [2.45, 2.75) is 45.6 Å². The Labute approximate surface area is 170 Å². The summed E-state index contributed by atoms with van der Waals surface area (Å²) in [5, 5.41) is 6.06. The number of rotatable bonds is 6. The van der Waals surface area contributed by atoms with E-state index in [-0.39, 0.29) is 11.6 Å². The molecule has 1 aliphatic rings. The lowest BCUT2D eigenvalue weighted by Gasteiger charge is -2.36. The zero-order valence-corrected chi connectivity index (χ0v) is 17.2. The zero-order chi connectivity index (χ0) is 21.2. The van der Waals surface area contributed by atoms with Crippen molar-refractivity contribution in [3.05, 3.63) is 65.2 Å². The van der Waals surface area contributed by atoms with Crippen molar-refractivity contribution in [2.24, 2.45) is 11.0 Å². The lowest BCUT2D eigenvalue weighted by Crippen LogP contribution is -2.54. The van der Waals surface area contributed by atoms with Gasteiger partial charge in [0.15, 0.2) is 11.4 Å². The van der Waals surface area contributed by atoms with E-state index in [1.54, 1.807) is 6.92 Å². The van der Waals surface area contributed by atoms with Gasteiger partial charge in [-0.3, -0.25) is 0 Å². The zero-order valence-electron chi connectivity index (χ0n) is 17.2. The number of hydrazone groups is 1. The second-order valence-electron chi connectivity index (χ2n) is 7.59. The lowest BCUT2D eigenvalue weighted by molar-refractivity contribution is -0.147. The fourth-order valence-corrected chi connectivity index (χ4v) is 3.90. The van der Waals surface area contributed by atoms with E-state index in [1.807, 2.05) is 31.2 Å². The van der Waals surface area contributed by atoms with Crippen LogP contribution in [0.5, 0.6) is 0 Å². The lowest BCUT2D eigenvalue weighted by atomic mass is 9.77. The molecule has 6 heteroatoms. The molecule has 0 saturated carbocycles. The van der Waals surface area contributed by atoms with Gasteiger partial charge in [0, 0.05) is 12.0 Å². The molecule has 0 aliphatic carbocycles. The van der Waals surface area contributed by atoms with E-state index in [0.29, 0.717) is 12.1 Å². The molecule has 154 valence electrons. The number of nitrogens with zero attached hydrogens (tertiary/aromatic N) is 2. The third kappa shape index (κ3) is 3.76. The van der Waals surface area contributed by atoms with Crippen LogP contribution >= 0.6 is 0 Å². The first kappa shape index (κ1) is 21.0. The number of ether oxygens (including phenoxy) is 1. The quantitative estimate of drug-likeness (QED) is 0.623. The Balaban J connectivity index is 2.19. The molecule has 0 bridgehead atoms. The van der Waals surface area contributed by atoms with Gasteiger partial charge < -0.3 is 4.74 Å². The Bertz CT molecular complexity index is 927.